The summed E-state index contributed by atoms with van der Waals surface area (Å²) in [6, 6.07) is -0.544. The third kappa shape index (κ3) is 31.9. The molecular formula is C47H90N4O4. The molecule has 0 radical (unpaired) electrons. The Morgan fingerprint density at radius 2 is 1.05 bits per heavy atom. The maximum Gasteiger partial charge on any atom is 0.248 e. The average molecular weight is 775 g/mol. The number of imidazole rings is 1. The monoisotopic (exact) mass is 775 g/mol. The van der Waals surface area contributed by atoms with E-state index in [4.69, 9.17) is 15.2 Å². The van der Waals surface area contributed by atoms with Crippen molar-refractivity contribution in [1.82, 2.24) is 14.9 Å². The summed E-state index contributed by atoms with van der Waals surface area (Å²) in [5, 5.41) is 0. The Balaban J connectivity index is 2.31. The highest BCUT2D eigenvalue weighted by atomic mass is 16.5. The zero-order chi connectivity index (χ0) is 40.0. The van der Waals surface area contributed by atoms with Crippen LogP contribution in [0.15, 0.2) is 12.5 Å². The van der Waals surface area contributed by atoms with Crippen LogP contribution in [0.25, 0.3) is 0 Å². The SMILES string of the molecule is CCCCCCCCCCCCCCCCN(CCCCCCCCCCCCCCCC)C(=O)COC(C)COC(C)CCC(=O)C(N)Cc1cnc[nH]1. The van der Waals surface area contributed by atoms with Gasteiger partial charge < -0.3 is 25.1 Å². The van der Waals surface area contributed by atoms with Crippen LogP contribution in [0.3, 0.4) is 0 Å². The van der Waals surface area contributed by atoms with Gasteiger partial charge in [-0.15, -0.1) is 0 Å². The molecule has 0 aliphatic rings. The van der Waals surface area contributed by atoms with Gasteiger partial charge in [0, 0.05) is 37.8 Å². The second-order valence-corrected chi connectivity index (χ2v) is 16.7. The zero-order valence-electron chi connectivity index (χ0n) is 36.7. The molecule has 1 heterocycles. The summed E-state index contributed by atoms with van der Waals surface area (Å²) >= 11 is 0. The molecule has 0 bridgehead atoms. The molecule has 0 aliphatic heterocycles. The van der Waals surface area contributed by atoms with E-state index in [0.29, 0.717) is 25.9 Å². The molecule has 8 heteroatoms. The van der Waals surface area contributed by atoms with Crippen LogP contribution in [0.1, 0.15) is 226 Å². The average Bonchev–Trinajstić information content (AvgIpc) is 3.70. The fraction of sp³-hybridized carbons (Fsp3) is 0.894. The predicted octanol–water partition coefficient (Wildman–Crippen LogP) is 12.2. The fourth-order valence-corrected chi connectivity index (χ4v) is 7.37. The molecule has 1 aromatic rings. The molecule has 0 aliphatic carbocycles. The minimum absolute atomic E-state index is 0.0256. The first-order chi connectivity index (χ1) is 26.9. The van der Waals surface area contributed by atoms with Crippen molar-refractivity contribution in [2.75, 3.05) is 26.3 Å². The number of hydrogen-bond donors (Lipinski definition) is 2. The quantitative estimate of drug-likeness (QED) is 0.0640. The van der Waals surface area contributed by atoms with Crippen molar-refractivity contribution in [1.29, 1.82) is 0 Å². The number of nitrogens with one attached hydrogen (secondary N) is 1. The molecule has 0 saturated carbocycles. The lowest BCUT2D eigenvalue weighted by atomic mass is 10.0. The molecule has 55 heavy (non-hydrogen) atoms. The van der Waals surface area contributed by atoms with Crippen LogP contribution < -0.4 is 5.73 Å². The topological polar surface area (TPSA) is 111 Å². The molecule has 8 nitrogen and oxygen atoms in total. The van der Waals surface area contributed by atoms with E-state index in [1.807, 2.05) is 13.8 Å². The predicted molar refractivity (Wildman–Crippen MR) is 233 cm³/mol. The Morgan fingerprint density at radius 3 is 1.45 bits per heavy atom. The van der Waals surface area contributed by atoms with Gasteiger partial charge in [-0.25, -0.2) is 4.98 Å². The molecule has 3 unspecified atom stereocenters. The normalized spacial score (nSPS) is 13.3. The van der Waals surface area contributed by atoms with E-state index < -0.39 is 6.04 Å². The molecule has 0 spiro atoms. The van der Waals surface area contributed by atoms with Crippen molar-refractivity contribution in [2.24, 2.45) is 5.73 Å². The van der Waals surface area contributed by atoms with Crippen LogP contribution in [0.5, 0.6) is 0 Å². The summed E-state index contributed by atoms with van der Waals surface area (Å²) in [6.07, 6.45) is 41.9. The van der Waals surface area contributed by atoms with Gasteiger partial charge in [-0.05, 0) is 33.1 Å². The van der Waals surface area contributed by atoms with Crippen LogP contribution in [0.4, 0.5) is 0 Å². The number of nitrogens with two attached hydrogens (primary N) is 1. The number of ether oxygens (including phenoxy) is 2. The Hall–Kier alpha value is -1.77. The maximum absolute atomic E-state index is 13.4. The Bertz CT molecular complexity index is 942. The first-order valence-electron chi connectivity index (χ1n) is 23.6. The highest BCUT2D eigenvalue weighted by Gasteiger charge is 2.18. The number of Topliss-reactive ketones (excluding diaryl/α,β-unsaturated/α-hetero) is 1. The first-order valence-corrected chi connectivity index (χ1v) is 23.6. The smallest absolute Gasteiger partial charge is 0.248 e. The number of amides is 1. The number of hydrogen-bond acceptors (Lipinski definition) is 6. The van der Waals surface area contributed by atoms with Gasteiger partial charge in [-0.3, -0.25) is 9.59 Å². The molecule has 0 fully saturated rings. The van der Waals surface area contributed by atoms with Gasteiger partial charge in [0.1, 0.15) is 12.4 Å². The van der Waals surface area contributed by atoms with Crippen LogP contribution >= 0.6 is 0 Å². The number of H-pyrrole nitrogens is 1. The first kappa shape index (κ1) is 51.2. The second kappa shape index (κ2) is 37.8. The molecule has 3 atom stereocenters. The maximum atomic E-state index is 13.4. The van der Waals surface area contributed by atoms with E-state index >= 15 is 0 Å². The zero-order valence-corrected chi connectivity index (χ0v) is 36.7. The standard InChI is InChI=1S/C47H90N4O4/c1-5-7-9-11-13-15-17-19-21-23-25-27-29-31-35-51(36-32-30-28-26-24-22-20-18-16-14-12-10-8-6-2)47(53)40-55-43(4)39-54-42(3)33-34-46(52)45(48)37-44-38-49-41-50-44/h38,41-43,45H,5-37,39-40,48H2,1-4H3,(H,49,50). The number of carbonyl (C=O) groups is 2. The lowest BCUT2D eigenvalue weighted by molar-refractivity contribution is -0.140. The van der Waals surface area contributed by atoms with Gasteiger partial charge in [-0.2, -0.15) is 0 Å². The third-order valence-corrected chi connectivity index (χ3v) is 11.2. The van der Waals surface area contributed by atoms with Crippen molar-refractivity contribution in [3.63, 3.8) is 0 Å². The van der Waals surface area contributed by atoms with E-state index in [0.717, 1.165) is 31.6 Å². The van der Waals surface area contributed by atoms with E-state index in [-0.39, 0.29) is 30.5 Å². The van der Waals surface area contributed by atoms with Crippen molar-refractivity contribution < 1.29 is 19.1 Å². The Kier molecular flexibility index (Phi) is 35.2. The van der Waals surface area contributed by atoms with Gasteiger partial charge >= 0.3 is 0 Å². The summed E-state index contributed by atoms with van der Waals surface area (Å²) in [7, 11) is 0. The van der Waals surface area contributed by atoms with Gasteiger partial charge in [0.05, 0.1) is 31.2 Å². The van der Waals surface area contributed by atoms with Gasteiger partial charge in [0.2, 0.25) is 5.91 Å². The number of unbranched alkanes of at least 4 members (excludes halogenated alkanes) is 26. The Labute approximate surface area is 340 Å². The third-order valence-electron chi connectivity index (χ3n) is 11.2. The largest absolute Gasteiger partial charge is 0.376 e. The lowest BCUT2D eigenvalue weighted by Gasteiger charge is -2.24. The van der Waals surface area contributed by atoms with Crippen molar-refractivity contribution in [3.05, 3.63) is 18.2 Å². The highest BCUT2D eigenvalue weighted by molar-refractivity contribution is 5.84. The minimum Gasteiger partial charge on any atom is -0.376 e. The number of rotatable bonds is 42. The molecule has 322 valence electrons. The molecule has 1 amide bonds. The van der Waals surface area contributed by atoms with E-state index in [1.165, 1.54) is 167 Å². The molecule has 0 aromatic carbocycles. The van der Waals surface area contributed by atoms with Gasteiger partial charge in [0.15, 0.2) is 0 Å². The van der Waals surface area contributed by atoms with E-state index in [1.54, 1.807) is 12.5 Å². The van der Waals surface area contributed by atoms with E-state index in [9.17, 15) is 9.59 Å². The lowest BCUT2D eigenvalue weighted by Crippen LogP contribution is -2.37. The van der Waals surface area contributed by atoms with Crippen LogP contribution in [0.2, 0.25) is 0 Å². The van der Waals surface area contributed by atoms with E-state index in [2.05, 4.69) is 28.7 Å². The van der Waals surface area contributed by atoms with Crippen LogP contribution in [-0.4, -0.2) is 71.1 Å². The van der Waals surface area contributed by atoms with Crippen molar-refractivity contribution >= 4 is 11.7 Å². The summed E-state index contributed by atoms with van der Waals surface area (Å²) in [5.41, 5.74) is 6.96. The summed E-state index contributed by atoms with van der Waals surface area (Å²) < 4.78 is 12.0. The number of carbonyl (C=O) groups excluding carboxylic acids is 2. The number of aromatic amines is 1. The summed E-state index contributed by atoms with van der Waals surface area (Å²) in [4.78, 5) is 34.9. The minimum atomic E-state index is -0.544. The van der Waals surface area contributed by atoms with Crippen molar-refractivity contribution in [3.8, 4) is 0 Å². The second-order valence-electron chi connectivity index (χ2n) is 16.7. The van der Waals surface area contributed by atoms with Crippen LogP contribution in [0, 0.1) is 0 Å². The van der Waals surface area contributed by atoms with Gasteiger partial charge in [0.25, 0.3) is 0 Å². The van der Waals surface area contributed by atoms with Crippen molar-refractivity contribution in [2.45, 2.75) is 245 Å². The Morgan fingerprint density at radius 1 is 0.636 bits per heavy atom. The number of aromatic nitrogens is 2. The summed E-state index contributed by atoms with van der Waals surface area (Å²) in [6.45, 7) is 10.6. The molecule has 1 aromatic heterocycles. The van der Waals surface area contributed by atoms with Crippen LogP contribution in [-0.2, 0) is 25.5 Å². The molecule has 1 rings (SSSR count). The highest BCUT2D eigenvalue weighted by Crippen LogP contribution is 2.16. The van der Waals surface area contributed by atoms with Gasteiger partial charge in [-0.1, -0.05) is 181 Å². The number of nitrogens with zero attached hydrogens (tertiary/aromatic N) is 2. The molecule has 3 N–H and O–H groups in total. The number of ketones is 1. The molecular weight excluding hydrogens is 685 g/mol. The fourth-order valence-electron chi connectivity index (χ4n) is 7.37. The summed E-state index contributed by atoms with van der Waals surface area (Å²) in [5.74, 6) is 0.124. The molecule has 0 saturated heterocycles.